The van der Waals surface area contributed by atoms with Crippen molar-refractivity contribution in [3.05, 3.63) is 29.8 Å². The van der Waals surface area contributed by atoms with E-state index in [9.17, 15) is 4.79 Å². The summed E-state index contributed by atoms with van der Waals surface area (Å²) in [5, 5.41) is 2.90. The number of ether oxygens (including phenoxy) is 1. The predicted molar refractivity (Wildman–Crippen MR) is 84.9 cm³/mol. The molecule has 2 rings (SSSR count). The van der Waals surface area contributed by atoms with Crippen LogP contribution in [0, 0.1) is 0 Å². The Morgan fingerprint density at radius 3 is 2.65 bits per heavy atom. The third-order valence-electron chi connectivity index (χ3n) is 2.97. The summed E-state index contributed by atoms with van der Waals surface area (Å²) >= 11 is 0. The van der Waals surface area contributed by atoms with Crippen LogP contribution in [0.25, 0.3) is 0 Å². The number of nitrogens with zero attached hydrogens (tertiary/aromatic N) is 1. The molecule has 0 radical (unpaired) electrons. The number of nitrogens with two attached hydrogens (primary N) is 1. The van der Waals surface area contributed by atoms with Crippen LogP contribution in [-0.2, 0) is 4.74 Å². The van der Waals surface area contributed by atoms with Crippen LogP contribution >= 0.6 is 24.8 Å². The van der Waals surface area contributed by atoms with Gasteiger partial charge < -0.3 is 15.8 Å². The molecule has 0 saturated carbocycles. The van der Waals surface area contributed by atoms with Crippen LogP contribution in [0.15, 0.2) is 24.3 Å². The van der Waals surface area contributed by atoms with Crippen LogP contribution in [0.2, 0.25) is 0 Å². The summed E-state index contributed by atoms with van der Waals surface area (Å²) in [5.41, 5.74) is 6.86. The van der Waals surface area contributed by atoms with Gasteiger partial charge in [-0.1, -0.05) is 6.07 Å². The van der Waals surface area contributed by atoms with E-state index >= 15 is 0 Å². The number of hydrogen-bond donors (Lipinski definition) is 2. The van der Waals surface area contributed by atoms with E-state index in [2.05, 4.69) is 10.2 Å². The van der Waals surface area contributed by atoms with Gasteiger partial charge in [-0.25, -0.2) is 0 Å². The normalized spacial score (nSPS) is 14.8. The summed E-state index contributed by atoms with van der Waals surface area (Å²) in [7, 11) is 0. The highest BCUT2D eigenvalue weighted by Crippen LogP contribution is 2.06. The lowest BCUT2D eigenvalue weighted by Crippen LogP contribution is -2.41. The van der Waals surface area contributed by atoms with E-state index in [1.54, 1.807) is 24.3 Å². The van der Waals surface area contributed by atoms with Crippen LogP contribution in [0.1, 0.15) is 10.4 Å². The maximum absolute atomic E-state index is 11.8. The minimum Gasteiger partial charge on any atom is -0.399 e. The summed E-state index contributed by atoms with van der Waals surface area (Å²) < 4.78 is 5.27. The SMILES string of the molecule is Cl.Cl.Nc1cccc(C(=O)NCCN2CCOCC2)c1. The molecule has 1 saturated heterocycles. The molecule has 1 amide bonds. The van der Waals surface area contributed by atoms with Crippen molar-refractivity contribution in [2.24, 2.45) is 0 Å². The van der Waals surface area contributed by atoms with Crippen LogP contribution < -0.4 is 11.1 Å². The van der Waals surface area contributed by atoms with Crippen molar-refractivity contribution in [3.8, 4) is 0 Å². The molecule has 0 spiro atoms. The molecule has 20 heavy (non-hydrogen) atoms. The van der Waals surface area contributed by atoms with E-state index in [0.29, 0.717) is 17.8 Å². The van der Waals surface area contributed by atoms with Crippen LogP contribution in [-0.4, -0.2) is 50.2 Å². The van der Waals surface area contributed by atoms with Gasteiger partial charge in [0.2, 0.25) is 0 Å². The van der Waals surface area contributed by atoms with E-state index in [1.165, 1.54) is 0 Å². The van der Waals surface area contributed by atoms with Crippen molar-refractivity contribution in [3.63, 3.8) is 0 Å². The average Bonchev–Trinajstić information content (AvgIpc) is 2.40. The molecule has 1 aromatic rings. The van der Waals surface area contributed by atoms with Crippen molar-refractivity contribution in [1.29, 1.82) is 0 Å². The predicted octanol–water partition coefficient (Wildman–Crippen LogP) is 1.17. The molecule has 0 unspecified atom stereocenters. The van der Waals surface area contributed by atoms with Crippen molar-refractivity contribution >= 4 is 36.4 Å². The maximum atomic E-state index is 11.8. The van der Waals surface area contributed by atoms with Crippen LogP contribution in [0.3, 0.4) is 0 Å². The number of morpholine rings is 1. The van der Waals surface area contributed by atoms with Crippen molar-refractivity contribution < 1.29 is 9.53 Å². The Hall–Kier alpha value is -1.01. The number of halogens is 2. The van der Waals surface area contributed by atoms with E-state index < -0.39 is 0 Å². The summed E-state index contributed by atoms with van der Waals surface area (Å²) in [6.45, 7) is 4.94. The van der Waals surface area contributed by atoms with Gasteiger partial charge in [0.05, 0.1) is 13.2 Å². The molecule has 1 aliphatic rings. The van der Waals surface area contributed by atoms with Crippen molar-refractivity contribution in [1.82, 2.24) is 10.2 Å². The second kappa shape index (κ2) is 9.83. The lowest BCUT2D eigenvalue weighted by Gasteiger charge is -2.26. The number of carbonyl (C=O) groups is 1. The fraction of sp³-hybridized carbons (Fsp3) is 0.462. The number of benzene rings is 1. The molecule has 0 bridgehead atoms. The molecule has 0 aromatic heterocycles. The van der Waals surface area contributed by atoms with Gasteiger partial charge in [-0.3, -0.25) is 9.69 Å². The van der Waals surface area contributed by atoms with Crippen LogP contribution in [0.4, 0.5) is 5.69 Å². The standard InChI is InChI=1S/C13H19N3O2.2ClH/c14-12-3-1-2-11(10-12)13(17)15-4-5-16-6-8-18-9-7-16;;/h1-3,10H,4-9,14H2,(H,15,17);2*1H. The number of rotatable bonds is 4. The number of carbonyl (C=O) groups excluding carboxylic acids is 1. The third-order valence-corrected chi connectivity index (χ3v) is 2.97. The topological polar surface area (TPSA) is 67.6 Å². The first kappa shape index (κ1) is 19.0. The number of nitrogens with one attached hydrogen (secondary N) is 1. The molecular weight excluding hydrogens is 301 g/mol. The maximum Gasteiger partial charge on any atom is 0.251 e. The summed E-state index contributed by atoms with van der Waals surface area (Å²) in [5.74, 6) is -0.0736. The zero-order valence-electron chi connectivity index (χ0n) is 11.2. The second-order valence-corrected chi connectivity index (χ2v) is 4.34. The summed E-state index contributed by atoms with van der Waals surface area (Å²) in [6.07, 6.45) is 0. The number of nitrogen functional groups attached to an aromatic ring is 1. The van der Waals surface area contributed by atoms with Gasteiger partial charge in [0.1, 0.15) is 0 Å². The molecule has 1 heterocycles. The van der Waals surface area contributed by atoms with E-state index in [1.807, 2.05) is 0 Å². The molecule has 7 heteroatoms. The fourth-order valence-corrected chi connectivity index (χ4v) is 1.93. The molecular formula is C13H21Cl2N3O2. The highest BCUT2D eigenvalue weighted by Gasteiger charge is 2.10. The molecule has 1 fully saturated rings. The quantitative estimate of drug-likeness (QED) is 0.817. The Kier molecular flexibility index (Phi) is 9.33. The molecule has 0 atom stereocenters. The number of anilines is 1. The summed E-state index contributed by atoms with van der Waals surface area (Å²) in [4.78, 5) is 14.1. The smallest absolute Gasteiger partial charge is 0.251 e. The fourth-order valence-electron chi connectivity index (χ4n) is 1.93. The highest BCUT2D eigenvalue weighted by molar-refractivity contribution is 5.94. The molecule has 1 aliphatic heterocycles. The average molecular weight is 322 g/mol. The Labute approximate surface area is 131 Å². The lowest BCUT2D eigenvalue weighted by molar-refractivity contribution is 0.0383. The van der Waals surface area contributed by atoms with Gasteiger partial charge in [-0.2, -0.15) is 0 Å². The Bertz CT molecular complexity index is 412. The number of hydrogen-bond acceptors (Lipinski definition) is 4. The first-order valence-corrected chi connectivity index (χ1v) is 6.19. The zero-order valence-corrected chi connectivity index (χ0v) is 12.8. The second-order valence-electron chi connectivity index (χ2n) is 4.34. The van der Waals surface area contributed by atoms with E-state index in [-0.39, 0.29) is 30.7 Å². The van der Waals surface area contributed by atoms with Crippen LogP contribution in [0.5, 0.6) is 0 Å². The first-order chi connectivity index (χ1) is 8.75. The Balaban J connectivity index is 0.00000180. The van der Waals surface area contributed by atoms with Gasteiger partial charge in [0.25, 0.3) is 5.91 Å². The van der Waals surface area contributed by atoms with E-state index in [4.69, 9.17) is 10.5 Å². The molecule has 1 aromatic carbocycles. The lowest BCUT2D eigenvalue weighted by atomic mass is 10.2. The minimum absolute atomic E-state index is 0. The van der Waals surface area contributed by atoms with Crippen molar-refractivity contribution in [2.45, 2.75) is 0 Å². The monoisotopic (exact) mass is 321 g/mol. The Morgan fingerprint density at radius 1 is 1.30 bits per heavy atom. The minimum atomic E-state index is -0.0736. The molecule has 5 nitrogen and oxygen atoms in total. The van der Waals surface area contributed by atoms with Gasteiger partial charge >= 0.3 is 0 Å². The van der Waals surface area contributed by atoms with Gasteiger partial charge in [-0.05, 0) is 18.2 Å². The number of amides is 1. The highest BCUT2D eigenvalue weighted by atomic mass is 35.5. The summed E-state index contributed by atoms with van der Waals surface area (Å²) in [6, 6.07) is 7.00. The van der Waals surface area contributed by atoms with E-state index in [0.717, 1.165) is 32.8 Å². The van der Waals surface area contributed by atoms with Gasteiger partial charge in [-0.15, -0.1) is 24.8 Å². The molecule has 0 aliphatic carbocycles. The Morgan fingerprint density at radius 2 is 2.00 bits per heavy atom. The first-order valence-electron chi connectivity index (χ1n) is 6.19. The molecule has 114 valence electrons. The largest absolute Gasteiger partial charge is 0.399 e. The zero-order chi connectivity index (χ0) is 12.8. The molecule has 3 N–H and O–H groups in total. The van der Waals surface area contributed by atoms with Gasteiger partial charge in [0.15, 0.2) is 0 Å². The van der Waals surface area contributed by atoms with Gasteiger partial charge in [0, 0.05) is 37.4 Å². The third kappa shape index (κ3) is 5.96. The van der Waals surface area contributed by atoms with Crippen molar-refractivity contribution in [2.75, 3.05) is 45.1 Å².